The van der Waals surface area contributed by atoms with E-state index in [-0.39, 0.29) is 0 Å². The molecule has 0 radical (unpaired) electrons. The lowest BCUT2D eigenvalue weighted by atomic mass is 10.2. The maximum atomic E-state index is 5.39. The lowest BCUT2D eigenvalue weighted by Gasteiger charge is -2.25. The third-order valence-electron chi connectivity index (χ3n) is 3.51. The van der Waals surface area contributed by atoms with Crippen molar-refractivity contribution in [1.29, 1.82) is 0 Å². The van der Waals surface area contributed by atoms with Gasteiger partial charge in [0.2, 0.25) is 0 Å². The minimum atomic E-state index is 0.570. The van der Waals surface area contributed by atoms with Gasteiger partial charge in [-0.25, -0.2) is 0 Å². The molecule has 0 aromatic carbocycles. The Morgan fingerprint density at radius 2 is 2.15 bits per heavy atom. The summed E-state index contributed by atoms with van der Waals surface area (Å²) in [7, 11) is 1.90. The van der Waals surface area contributed by atoms with Crippen LogP contribution in [0.1, 0.15) is 18.4 Å². The van der Waals surface area contributed by atoms with E-state index in [9.17, 15) is 0 Å². The predicted octanol–water partition coefficient (Wildman–Crippen LogP) is 0.438. The summed E-state index contributed by atoms with van der Waals surface area (Å²) in [6.07, 6.45) is 2.78. The van der Waals surface area contributed by atoms with Crippen molar-refractivity contribution in [2.24, 2.45) is 7.05 Å². The Morgan fingerprint density at radius 3 is 2.90 bits per heavy atom. The van der Waals surface area contributed by atoms with Crippen molar-refractivity contribution in [2.45, 2.75) is 19.9 Å². The highest BCUT2D eigenvalue weighted by Gasteiger charge is 2.17. The lowest BCUT2D eigenvalue weighted by Crippen LogP contribution is -2.43. The highest BCUT2D eigenvalue weighted by molar-refractivity contribution is 5.55. The highest BCUT2D eigenvalue weighted by Crippen LogP contribution is 2.21. The predicted molar refractivity (Wildman–Crippen MR) is 74.0 cm³/mol. The molecule has 108 valence electrons. The van der Waals surface area contributed by atoms with Crippen molar-refractivity contribution in [3.8, 4) is 11.5 Å². The van der Waals surface area contributed by atoms with E-state index in [1.54, 1.807) is 4.68 Å². The number of nitrogens with zero attached hydrogens (tertiary/aromatic N) is 5. The second-order valence-corrected chi connectivity index (χ2v) is 5.06. The Kier molecular flexibility index (Phi) is 3.79. The summed E-state index contributed by atoms with van der Waals surface area (Å²) in [6.45, 7) is 6.91. The maximum Gasteiger partial charge on any atom is 0.261 e. The van der Waals surface area contributed by atoms with Crippen LogP contribution in [0.3, 0.4) is 0 Å². The Hall–Kier alpha value is -1.73. The number of aryl methyl sites for hydroxylation is 2. The molecule has 1 saturated heterocycles. The van der Waals surface area contributed by atoms with Crippen molar-refractivity contribution in [2.75, 3.05) is 26.2 Å². The first-order valence-electron chi connectivity index (χ1n) is 7.05. The third kappa shape index (κ3) is 2.73. The topological polar surface area (TPSA) is 72.0 Å². The summed E-state index contributed by atoms with van der Waals surface area (Å²) >= 11 is 0. The van der Waals surface area contributed by atoms with Gasteiger partial charge in [0.25, 0.3) is 5.89 Å². The van der Waals surface area contributed by atoms with Crippen LogP contribution in [0.5, 0.6) is 0 Å². The normalized spacial score (nSPS) is 16.7. The Balaban J connectivity index is 1.75. The fourth-order valence-corrected chi connectivity index (χ4v) is 2.47. The van der Waals surface area contributed by atoms with Crippen molar-refractivity contribution >= 4 is 0 Å². The summed E-state index contributed by atoms with van der Waals surface area (Å²) in [5.41, 5.74) is 1.93. The van der Waals surface area contributed by atoms with E-state index < -0.39 is 0 Å². The van der Waals surface area contributed by atoms with E-state index >= 15 is 0 Å². The molecule has 0 aliphatic carbocycles. The third-order valence-corrected chi connectivity index (χ3v) is 3.51. The Morgan fingerprint density at radius 1 is 1.35 bits per heavy atom. The molecule has 1 N–H and O–H groups in total. The standard InChI is InChI=1S/C13H20N6O/c1-3-11-10(8-18(2)16-11)13-15-12(17-20-13)9-19-6-4-14-5-7-19/h8,14H,3-7,9H2,1-2H3. The SMILES string of the molecule is CCc1nn(C)cc1-c1nc(CN2CCNCC2)no1. The molecule has 20 heavy (non-hydrogen) atoms. The largest absolute Gasteiger partial charge is 0.334 e. The number of hydrogen-bond acceptors (Lipinski definition) is 6. The van der Waals surface area contributed by atoms with Gasteiger partial charge in [-0.2, -0.15) is 10.1 Å². The Bertz CT molecular complexity index is 569. The summed E-state index contributed by atoms with van der Waals surface area (Å²) in [5.74, 6) is 1.31. The highest BCUT2D eigenvalue weighted by atomic mass is 16.5. The first-order valence-corrected chi connectivity index (χ1v) is 7.05. The molecule has 3 heterocycles. The zero-order valence-electron chi connectivity index (χ0n) is 12.0. The molecular formula is C13H20N6O. The summed E-state index contributed by atoms with van der Waals surface area (Å²) in [4.78, 5) is 6.83. The molecule has 0 atom stereocenters. The van der Waals surface area contributed by atoms with E-state index in [2.05, 4.69) is 32.4 Å². The number of aromatic nitrogens is 4. The van der Waals surface area contributed by atoms with Crippen LogP contribution in [0, 0.1) is 0 Å². The molecule has 1 aliphatic rings. The van der Waals surface area contributed by atoms with E-state index in [1.807, 2.05) is 13.2 Å². The van der Waals surface area contributed by atoms with Gasteiger partial charge in [-0.05, 0) is 6.42 Å². The Labute approximate surface area is 118 Å². The van der Waals surface area contributed by atoms with Crippen LogP contribution in [0.4, 0.5) is 0 Å². The van der Waals surface area contributed by atoms with Crippen LogP contribution in [0.25, 0.3) is 11.5 Å². The fourth-order valence-electron chi connectivity index (χ4n) is 2.47. The van der Waals surface area contributed by atoms with Gasteiger partial charge >= 0.3 is 0 Å². The summed E-state index contributed by atoms with van der Waals surface area (Å²) in [6, 6.07) is 0. The van der Waals surface area contributed by atoms with E-state index in [0.29, 0.717) is 5.89 Å². The first kappa shape index (κ1) is 13.3. The monoisotopic (exact) mass is 276 g/mol. The van der Waals surface area contributed by atoms with Crippen molar-refractivity contribution in [1.82, 2.24) is 30.1 Å². The van der Waals surface area contributed by atoms with Crippen molar-refractivity contribution in [3.05, 3.63) is 17.7 Å². The second kappa shape index (κ2) is 5.72. The molecule has 0 unspecified atom stereocenters. The number of rotatable bonds is 4. The van der Waals surface area contributed by atoms with Crippen molar-refractivity contribution < 1.29 is 4.52 Å². The molecule has 2 aromatic rings. The molecular weight excluding hydrogens is 256 g/mol. The van der Waals surface area contributed by atoms with Crippen molar-refractivity contribution in [3.63, 3.8) is 0 Å². The first-order chi connectivity index (χ1) is 9.76. The second-order valence-electron chi connectivity index (χ2n) is 5.06. The molecule has 1 fully saturated rings. The molecule has 1 aliphatic heterocycles. The van der Waals surface area contributed by atoms with Crippen LogP contribution >= 0.6 is 0 Å². The van der Waals surface area contributed by atoms with Crippen LogP contribution in [0.2, 0.25) is 0 Å². The zero-order valence-corrected chi connectivity index (χ0v) is 12.0. The maximum absolute atomic E-state index is 5.39. The summed E-state index contributed by atoms with van der Waals surface area (Å²) < 4.78 is 7.18. The number of hydrogen-bond donors (Lipinski definition) is 1. The average molecular weight is 276 g/mol. The zero-order chi connectivity index (χ0) is 13.9. The molecule has 0 bridgehead atoms. The molecule has 0 amide bonds. The molecule has 0 spiro atoms. The van der Waals surface area contributed by atoms with Gasteiger partial charge in [0, 0.05) is 39.4 Å². The average Bonchev–Trinajstić information content (AvgIpc) is 3.06. The fraction of sp³-hybridized carbons (Fsp3) is 0.615. The summed E-state index contributed by atoms with van der Waals surface area (Å²) in [5, 5.41) is 11.8. The number of piperazine rings is 1. The molecule has 0 saturated carbocycles. The molecule has 2 aromatic heterocycles. The van der Waals surface area contributed by atoms with Gasteiger partial charge in [0.1, 0.15) is 0 Å². The van der Waals surface area contributed by atoms with Crippen LogP contribution in [-0.2, 0) is 20.0 Å². The van der Waals surface area contributed by atoms with E-state index in [4.69, 9.17) is 4.52 Å². The smallest absolute Gasteiger partial charge is 0.261 e. The van der Waals surface area contributed by atoms with Gasteiger partial charge < -0.3 is 9.84 Å². The van der Waals surface area contributed by atoms with Gasteiger partial charge in [-0.15, -0.1) is 0 Å². The molecule has 3 rings (SSSR count). The quantitative estimate of drug-likeness (QED) is 0.873. The van der Waals surface area contributed by atoms with Crippen LogP contribution in [-0.4, -0.2) is 51.0 Å². The minimum absolute atomic E-state index is 0.570. The van der Waals surface area contributed by atoms with Gasteiger partial charge in [-0.1, -0.05) is 12.1 Å². The van der Waals surface area contributed by atoms with Gasteiger partial charge in [0.15, 0.2) is 5.82 Å². The van der Waals surface area contributed by atoms with Gasteiger partial charge in [0.05, 0.1) is 17.8 Å². The lowest BCUT2D eigenvalue weighted by molar-refractivity contribution is 0.225. The number of nitrogens with one attached hydrogen (secondary N) is 1. The van der Waals surface area contributed by atoms with E-state index in [0.717, 1.165) is 56.2 Å². The van der Waals surface area contributed by atoms with Gasteiger partial charge in [-0.3, -0.25) is 9.58 Å². The minimum Gasteiger partial charge on any atom is -0.334 e. The van der Waals surface area contributed by atoms with Crippen LogP contribution in [0.15, 0.2) is 10.7 Å². The van der Waals surface area contributed by atoms with Crippen LogP contribution < -0.4 is 5.32 Å². The van der Waals surface area contributed by atoms with E-state index in [1.165, 1.54) is 0 Å². The molecule has 7 heteroatoms. The molecule has 7 nitrogen and oxygen atoms in total.